The Kier molecular flexibility index (Phi) is 3.95. The van der Waals surface area contributed by atoms with E-state index in [1.807, 2.05) is 0 Å². The quantitative estimate of drug-likeness (QED) is 0.757. The van der Waals surface area contributed by atoms with E-state index in [2.05, 4.69) is 12.6 Å². The van der Waals surface area contributed by atoms with Crippen molar-refractivity contribution in [1.29, 1.82) is 5.26 Å². The number of halogens is 2. The van der Waals surface area contributed by atoms with E-state index in [0.717, 1.165) is 0 Å². The summed E-state index contributed by atoms with van der Waals surface area (Å²) in [7, 11) is 0. The second-order valence-electron chi connectivity index (χ2n) is 4.50. The summed E-state index contributed by atoms with van der Waals surface area (Å²) in [5.74, 6) is -0.854. The van der Waals surface area contributed by atoms with Gasteiger partial charge in [-0.05, 0) is 30.2 Å². The zero-order valence-electron chi connectivity index (χ0n) is 10.8. The summed E-state index contributed by atoms with van der Waals surface area (Å²) in [5.41, 5.74) is -0.374. The highest BCUT2D eigenvalue weighted by Gasteiger charge is 2.35. The molecule has 100 valence electrons. The van der Waals surface area contributed by atoms with Crippen molar-refractivity contribution >= 4 is 0 Å². The Morgan fingerprint density at radius 2 is 1.75 bits per heavy atom. The molecule has 0 aliphatic carbocycles. The first kappa shape index (κ1) is 14.0. The van der Waals surface area contributed by atoms with Crippen LogP contribution in [-0.4, -0.2) is 0 Å². The number of rotatable bonds is 4. The van der Waals surface area contributed by atoms with Crippen LogP contribution in [0.3, 0.4) is 0 Å². The molecule has 2 rings (SSSR count). The minimum atomic E-state index is -1.19. The lowest BCUT2D eigenvalue weighted by Crippen LogP contribution is -2.26. The summed E-state index contributed by atoms with van der Waals surface area (Å²) < 4.78 is 27.2. The predicted molar refractivity (Wildman–Crippen MR) is 74.0 cm³/mol. The van der Waals surface area contributed by atoms with Crippen LogP contribution in [0.2, 0.25) is 0 Å². The van der Waals surface area contributed by atoms with Gasteiger partial charge in [0.2, 0.25) is 0 Å². The third kappa shape index (κ3) is 2.33. The summed E-state index contributed by atoms with van der Waals surface area (Å²) in [6.45, 7) is 3.64. The smallest absolute Gasteiger partial charge is 0.128 e. The van der Waals surface area contributed by atoms with Crippen LogP contribution >= 0.6 is 0 Å². The van der Waals surface area contributed by atoms with Crippen LogP contribution < -0.4 is 0 Å². The summed E-state index contributed by atoms with van der Waals surface area (Å²) >= 11 is 0. The van der Waals surface area contributed by atoms with Gasteiger partial charge in [-0.25, -0.2) is 8.78 Å². The van der Waals surface area contributed by atoms with E-state index >= 15 is 0 Å². The number of allylic oxidation sites excluding steroid dienone is 1. The number of hydrogen-bond donors (Lipinski definition) is 0. The van der Waals surface area contributed by atoms with Gasteiger partial charge >= 0.3 is 0 Å². The molecule has 1 nitrogen and oxygen atoms in total. The molecule has 0 amide bonds. The first-order valence-corrected chi connectivity index (χ1v) is 6.17. The lowest BCUT2D eigenvalue weighted by atomic mass is 9.73. The average Bonchev–Trinajstić information content (AvgIpc) is 2.47. The second kappa shape index (κ2) is 5.66. The van der Waals surface area contributed by atoms with Crippen LogP contribution in [0.5, 0.6) is 0 Å². The molecule has 20 heavy (non-hydrogen) atoms. The van der Waals surface area contributed by atoms with E-state index in [4.69, 9.17) is 0 Å². The van der Waals surface area contributed by atoms with Crippen molar-refractivity contribution in [3.63, 3.8) is 0 Å². The third-order valence-electron chi connectivity index (χ3n) is 3.31. The maximum Gasteiger partial charge on any atom is 0.128 e. The highest BCUT2D eigenvalue weighted by atomic mass is 19.1. The van der Waals surface area contributed by atoms with Gasteiger partial charge in [0.25, 0.3) is 0 Å². The minimum absolute atomic E-state index is 0.246. The molecule has 0 radical (unpaired) electrons. The highest BCUT2D eigenvalue weighted by molar-refractivity contribution is 5.47. The van der Waals surface area contributed by atoms with Gasteiger partial charge in [0.1, 0.15) is 17.0 Å². The Hall–Kier alpha value is -2.47. The van der Waals surface area contributed by atoms with E-state index in [1.54, 1.807) is 24.3 Å². The molecule has 0 aliphatic rings. The molecule has 0 fully saturated rings. The molecule has 2 aromatic rings. The van der Waals surface area contributed by atoms with E-state index < -0.39 is 17.0 Å². The van der Waals surface area contributed by atoms with Crippen LogP contribution in [0.1, 0.15) is 17.5 Å². The molecule has 1 atom stereocenters. The molecule has 0 saturated heterocycles. The molecule has 0 bridgehead atoms. The molecule has 0 saturated carbocycles. The van der Waals surface area contributed by atoms with Gasteiger partial charge in [-0.1, -0.05) is 36.4 Å². The molecule has 0 spiro atoms. The van der Waals surface area contributed by atoms with E-state index in [0.29, 0.717) is 5.56 Å². The number of hydrogen-bond acceptors (Lipinski definition) is 1. The molecule has 0 heterocycles. The van der Waals surface area contributed by atoms with Crippen molar-refractivity contribution in [1.82, 2.24) is 0 Å². The largest absolute Gasteiger partial charge is 0.207 e. The minimum Gasteiger partial charge on any atom is -0.207 e. The van der Waals surface area contributed by atoms with Crippen molar-refractivity contribution in [2.75, 3.05) is 0 Å². The molecule has 1 unspecified atom stereocenters. The molecular weight excluding hydrogens is 256 g/mol. The van der Waals surface area contributed by atoms with Crippen LogP contribution in [0.25, 0.3) is 0 Å². The molecule has 0 N–H and O–H groups in total. The van der Waals surface area contributed by atoms with Gasteiger partial charge in [0.15, 0.2) is 0 Å². The van der Waals surface area contributed by atoms with Crippen LogP contribution in [0, 0.1) is 23.0 Å². The van der Waals surface area contributed by atoms with Gasteiger partial charge in [0, 0.05) is 5.56 Å². The monoisotopic (exact) mass is 269 g/mol. The summed E-state index contributed by atoms with van der Waals surface area (Å²) in [6, 6.07) is 13.9. The first-order valence-electron chi connectivity index (χ1n) is 6.17. The van der Waals surface area contributed by atoms with Crippen molar-refractivity contribution in [3.05, 3.63) is 83.9 Å². The topological polar surface area (TPSA) is 23.8 Å². The van der Waals surface area contributed by atoms with Crippen LogP contribution in [0.15, 0.2) is 61.2 Å². The Labute approximate surface area is 116 Å². The Morgan fingerprint density at radius 3 is 2.30 bits per heavy atom. The standard InChI is InChI=1S/C17H13F2N/c1-2-11-17(12-20,13-7-9-14(18)10-8-13)15-5-3-4-6-16(15)19/h2-10H,1,11H2. The van der Waals surface area contributed by atoms with E-state index in [9.17, 15) is 14.0 Å². The average molecular weight is 269 g/mol. The van der Waals surface area contributed by atoms with Crippen molar-refractivity contribution in [3.8, 4) is 6.07 Å². The summed E-state index contributed by atoms with van der Waals surface area (Å²) in [6.07, 6.45) is 1.81. The second-order valence-corrected chi connectivity index (χ2v) is 4.50. The number of benzene rings is 2. The zero-order chi connectivity index (χ0) is 14.6. The van der Waals surface area contributed by atoms with Gasteiger partial charge in [-0.2, -0.15) is 5.26 Å². The Balaban J connectivity index is 2.68. The van der Waals surface area contributed by atoms with Crippen molar-refractivity contribution in [2.45, 2.75) is 11.8 Å². The van der Waals surface area contributed by atoms with Crippen molar-refractivity contribution in [2.24, 2.45) is 0 Å². The predicted octanol–water partition coefficient (Wildman–Crippen LogP) is 4.35. The molecular formula is C17H13F2N. The van der Waals surface area contributed by atoms with E-state index in [1.165, 1.54) is 30.3 Å². The highest BCUT2D eigenvalue weighted by Crippen LogP contribution is 2.37. The molecule has 0 aliphatic heterocycles. The van der Waals surface area contributed by atoms with Gasteiger partial charge < -0.3 is 0 Å². The fraction of sp³-hybridized carbons (Fsp3) is 0.118. The normalized spacial score (nSPS) is 13.2. The maximum atomic E-state index is 14.1. The van der Waals surface area contributed by atoms with Crippen LogP contribution in [-0.2, 0) is 5.41 Å². The third-order valence-corrected chi connectivity index (χ3v) is 3.31. The molecule has 2 aromatic carbocycles. The van der Waals surface area contributed by atoms with Gasteiger partial charge in [-0.15, -0.1) is 6.58 Å². The molecule has 3 heteroatoms. The lowest BCUT2D eigenvalue weighted by molar-refractivity contribution is 0.560. The number of nitriles is 1. The first-order chi connectivity index (χ1) is 9.64. The Morgan fingerprint density at radius 1 is 1.10 bits per heavy atom. The molecule has 0 aromatic heterocycles. The van der Waals surface area contributed by atoms with E-state index in [-0.39, 0.29) is 12.0 Å². The van der Waals surface area contributed by atoms with Gasteiger partial charge in [0.05, 0.1) is 6.07 Å². The summed E-state index contributed by atoms with van der Waals surface area (Å²) in [5, 5.41) is 9.65. The fourth-order valence-electron chi connectivity index (χ4n) is 2.31. The van der Waals surface area contributed by atoms with Gasteiger partial charge in [-0.3, -0.25) is 0 Å². The number of nitrogens with zero attached hydrogens (tertiary/aromatic N) is 1. The van der Waals surface area contributed by atoms with Crippen molar-refractivity contribution < 1.29 is 8.78 Å². The van der Waals surface area contributed by atoms with Crippen LogP contribution in [0.4, 0.5) is 8.78 Å². The zero-order valence-corrected chi connectivity index (χ0v) is 10.8. The summed E-state index contributed by atoms with van der Waals surface area (Å²) in [4.78, 5) is 0. The fourth-order valence-corrected chi connectivity index (χ4v) is 2.31. The Bertz CT molecular complexity index is 655. The lowest BCUT2D eigenvalue weighted by Gasteiger charge is -2.27. The SMILES string of the molecule is C=CCC(C#N)(c1ccc(F)cc1)c1ccccc1F. The maximum absolute atomic E-state index is 14.1.